The Kier molecular flexibility index (Phi) is 5.92. The van der Waals surface area contributed by atoms with Crippen molar-refractivity contribution in [2.75, 3.05) is 13.1 Å². The van der Waals surface area contributed by atoms with E-state index in [-0.39, 0.29) is 11.4 Å². The van der Waals surface area contributed by atoms with Crippen LogP contribution in [0.3, 0.4) is 0 Å². The van der Waals surface area contributed by atoms with Crippen molar-refractivity contribution in [1.82, 2.24) is 4.31 Å². The lowest BCUT2D eigenvalue weighted by Crippen LogP contribution is -2.43. The standard InChI is InChI=1S/C20H22FNO4S/c1-2-15-5-9-18(10-6-15)26-20(23)16-4-3-13-22(14-16)27(24,25)19-11-7-17(21)8-12-19/h5-12,16H,2-4,13-14H2,1H3. The van der Waals surface area contributed by atoms with Crippen molar-refractivity contribution in [1.29, 1.82) is 0 Å². The molecule has 1 aliphatic rings. The van der Waals surface area contributed by atoms with E-state index in [1.807, 2.05) is 19.1 Å². The number of carbonyl (C=O) groups is 1. The monoisotopic (exact) mass is 391 g/mol. The predicted octanol–water partition coefficient (Wildman–Crippen LogP) is 3.39. The van der Waals surface area contributed by atoms with Gasteiger partial charge in [-0.25, -0.2) is 12.8 Å². The van der Waals surface area contributed by atoms with Gasteiger partial charge >= 0.3 is 5.97 Å². The fraction of sp³-hybridized carbons (Fsp3) is 0.350. The van der Waals surface area contributed by atoms with Gasteiger partial charge in [0.1, 0.15) is 11.6 Å². The van der Waals surface area contributed by atoms with Gasteiger partial charge in [-0.05, 0) is 61.2 Å². The Balaban J connectivity index is 1.69. The second-order valence-electron chi connectivity index (χ2n) is 6.57. The number of hydrogen-bond acceptors (Lipinski definition) is 4. The van der Waals surface area contributed by atoms with Crippen LogP contribution in [0.1, 0.15) is 25.3 Å². The van der Waals surface area contributed by atoms with Gasteiger partial charge in [-0.3, -0.25) is 4.79 Å². The molecule has 1 unspecified atom stereocenters. The third-order valence-corrected chi connectivity index (χ3v) is 6.60. The number of rotatable bonds is 5. The summed E-state index contributed by atoms with van der Waals surface area (Å²) in [6.45, 7) is 2.43. The van der Waals surface area contributed by atoms with Gasteiger partial charge in [-0.1, -0.05) is 19.1 Å². The number of hydrogen-bond donors (Lipinski definition) is 0. The molecule has 27 heavy (non-hydrogen) atoms. The van der Waals surface area contributed by atoms with Crippen molar-refractivity contribution < 1.29 is 22.3 Å². The number of benzene rings is 2. The lowest BCUT2D eigenvalue weighted by Gasteiger charge is -2.30. The Morgan fingerprint density at radius 2 is 1.81 bits per heavy atom. The van der Waals surface area contributed by atoms with Crippen LogP contribution in [0.4, 0.5) is 4.39 Å². The summed E-state index contributed by atoms with van der Waals surface area (Å²) in [7, 11) is -3.77. The summed E-state index contributed by atoms with van der Waals surface area (Å²) in [5.41, 5.74) is 1.14. The van der Waals surface area contributed by atoms with E-state index in [1.54, 1.807) is 12.1 Å². The van der Waals surface area contributed by atoms with Gasteiger partial charge in [0.25, 0.3) is 0 Å². The number of carbonyl (C=O) groups excluding carboxylic acids is 1. The van der Waals surface area contributed by atoms with Crippen LogP contribution < -0.4 is 4.74 Å². The number of ether oxygens (including phenoxy) is 1. The topological polar surface area (TPSA) is 63.7 Å². The van der Waals surface area contributed by atoms with Crippen LogP contribution in [0.5, 0.6) is 5.75 Å². The van der Waals surface area contributed by atoms with Gasteiger partial charge < -0.3 is 4.74 Å². The average molecular weight is 391 g/mol. The summed E-state index contributed by atoms with van der Waals surface area (Å²) in [6, 6.07) is 12.0. The van der Waals surface area contributed by atoms with Crippen LogP contribution in [0.25, 0.3) is 0 Å². The van der Waals surface area contributed by atoms with Crippen LogP contribution in [-0.4, -0.2) is 31.8 Å². The molecule has 0 saturated carbocycles. The average Bonchev–Trinajstić information content (AvgIpc) is 2.69. The molecule has 2 aromatic rings. The molecule has 1 aliphatic heterocycles. The van der Waals surface area contributed by atoms with Gasteiger partial charge in [-0.15, -0.1) is 0 Å². The van der Waals surface area contributed by atoms with Crippen LogP contribution in [0.2, 0.25) is 0 Å². The smallest absolute Gasteiger partial charge is 0.315 e. The maximum atomic E-state index is 13.1. The molecule has 1 saturated heterocycles. The van der Waals surface area contributed by atoms with Crippen molar-refractivity contribution in [2.24, 2.45) is 5.92 Å². The summed E-state index contributed by atoms with van der Waals surface area (Å²) in [5, 5.41) is 0. The van der Waals surface area contributed by atoms with Crippen LogP contribution in [0.15, 0.2) is 53.4 Å². The molecule has 0 bridgehead atoms. The third kappa shape index (κ3) is 4.54. The Bertz CT molecular complexity index is 895. The van der Waals surface area contributed by atoms with E-state index in [0.29, 0.717) is 25.1 Å². The summed E-state index contributed by atoms with van der Waals surface area (Å²) >= 11 is 0. The minimum absolute atomic E-state index is 0.0214. The molecule has 5 nitrogen and oxygen atoms in total. The summed E-state index contributed by atoms with van der Waals surface area (Å²) in [5.74, 6) is -1.00. The predicted molar refractivity (Wildman–Crippen MR) is 99.3 cm³/mol. The van der Waals surface area contributed by atoms with Crippen LogP contribution >= 0.6 is 0 Å². The van der Waals surface area contributed by atoms with Crippen LogP contribution in [0, 0.1) is 11.7 Å². The van der Waals surface area contributed by atoms with E-state index < -0.39 is 27.7 Å². The number of halogens is 1. The van der Waals surface area contributed by atoms with E-state index in [4.69, 9.17) is 4.74 Å². The highest BCUT2D eigenvalue weighted by Crippen LogP contribution is 2.25. The minimum atomic E-state index is -3.77. The van der Waals surface area contributed by atoms with Gasteiger partial charge in [0.15, 0.2) is 0 Å². The second-order valence-corrected chi connectivity index (χ2v) is 8.51. The summed E-state index contributed by atoms with van der Waals surface area (Å²) in [6.07, 6.45) is 2.03. The molecule has 144 valence electrons. The fourth-order valence-corrected chi connectivity index (χ4v) is 4.63. The van der Waals surface area contributed by atoms with E-state index in [2.05, 4.69) is 0 Å². The molecule has 7 heteroatoms. The largest absolute Gasteiger partial charge is 0.426 e. The molecular weight excluding hydrogens is 369 g/mol. The SMILES string of the molecule is CCc1ccc(OC(=O)C2CCCN(S(=O)(=O)c3ccc(F)cc3)C2)cc1. The molecule has 3 rings (SSSR count). The molecule has 1 atom stereocenters. The third-order valence-electron chi connectivity index (χ3n) is 4.72. The lowest BCUT2D eigenvalue weighted by molar-refractivity contribution is -0.140. The van der Waals surface area contributed by atoms with Crippen molar-refractivity contribution in [3.63, 3.8) is 0 Å². The van der Waals surface area contributed by atoms with Gasteiger partial charge in [-0.2, -0.15) is 4.31 Å². The van der Waals surface area contributed by atoms with Crippen molar-refractivity contribution in [2.45, 2.75) is 31.1 Å². The van der Waals surface area contributed by atoms with Gasteiger partial charge in [0.05, 0.1) is 10.8 Å². The first-order chi connectivity index (χ1) is 12.9. The molecule has 0 aromatic heterocycles. The first-order valence-corrected chi connectivity index (χ1v) is 10.4. The van der Waals surface area contributed by atoms with Gasteiger partial charge in [0.2, 0.25) is 10.0 Å². The van der Waals surface area contributed by atoms with E-state index in [9.17, 15) is 17.6 Å². The molecule has 0 aliphatic carbocycles. The maximum Gasteiger partial charge on any atom is 0.315 e. The second kappa shape index (κ2) is 8.19. The van der Waals surface area contributed by atoms with E-state index in [0.717, 1.165) is 24.1 Å². The quantitative estimate of drug-likeness (QED) is 0.579. The molecule has 1 fully saturated rings. The normalized spacial score (nSPS) is 18.2. The molecule has 0 N–H and O–H groups in total. The molecule has 2 aromatic carbocycles. The lowest BCUT2D eigenvalue weighted by atomic mass is 10.00. The van der Waals surface area contributed by atoms with Crippen molar-refractivity contribution in [3.8, 4) is 5.75 Å². The number of piperidine rings is 1. The van der Waals surface area contributed by atoms with E-state index >= 15 is 0 Å². The fourth-order valence-electron chi connectivity index (χ4n) is 3.10. The molecule has 0 spiro atoms. The van der Waals surface area contributed by atoms with Crippen molar-refractivity contribution in [3.05, 3.63) is 59.9 Å². The molecule has 1 heterocycles. The first-order valence-electron chi connectivity index (χ1n) is 8.96. The Labute approximate surface area is 158 Å². The molecule has 0 radical (unpaired) electrons. The maximum absolute atomic E-state index is 13.1. The Morgan fingerprint density at radius 1 is 1.15 bits per heavy atom. The Morgan fingerprint density at radius 3 is 2.44 bits per heavy atom. The minimum Gasteiger partial charge on any atom is -0.426 e. The zero-order valence-corrected chi connectivity index (χ0v) is 15.9. The van der Waals surface area contributed by atoms with Crippen molar-refractivity contribution >= 4 is 16.0 Å². The highest BCUT2D eigenvalue weighted by molar-refractivity contribution is 7.89. The summed E-state index contributed by atoms with van der Waals surface area (Å²) in [4.78, 5) is 12.5. The number of esters is 1. The zero-order valence-electron chi connectivity index (χ0n) is 15.1. The Hall–Kier alpha value is -2.25. The molecule has 0 amide bonds. The number of nitrogens with zero attached hydrogens (tertiary/aromatic N) is 1. The number of aryl methyl sites for hydroxylation is 1. The highest BCUT2D eigenvalue weighted by atomic mass is 32.2. The molecular formula is C20H22FNO4S. The highest BCUT2D eigenvalue weighted by Gasteiger charge is 2.34. The number of sulfonamides is 1. The zero-order chi connectivity index (χ0) is 19.4. The van der Waals surface area contributed by atoms with E-state index in [1.165, 1.54) is 16.4 Å². The first kappa shape index (κ1) is 19.5. The van der Waals surface area contributed by atoms with Crippen LogP contribution in [-0.2, 0) is 21.2 Å². The van der Waals surface area contributed by atoms with Gasteiger partial charge in [0, 0.05) is 13.1 Å². The summed E-state index contributed by atoms with van der Waals surface area (Å²) < 4.78 is 45.3.